The van der Waals surface area contributed by atoms with Gasteiger partial charge in [0.1, 0.15) is 16.5 Å². The predicted octanol–water partition coefficient (Wildman–Crippen LogP) is 1.15. The van der Waals surface area contributed by atoms with Crippen molar-refractivity contribution in [1.82, 2.24) is 19.4 Å². The zero-order chi connectivity index (χ0) is 14.4. The van der Waals surface area contributed by atoms with E-state index in [9.17, 15) is 4.79 Å². The minimum Gasteiger partial charge on any atom is -0.382 e. The van der Waals surface area contributed by atoms with Crippen molar-refractivity contribution in [2.45, 2.75) is 32.0 Å². The second kappa shape index (κ2) is 4.73. The molecule has 0 spiro atoms. The van der Waals surface area contributed by atoms with Crippen LogP contribution in [0.3, 0.4) is 0 Å². The summed E-state index contributed by atoms with van der Waals surface area (Å²) in [6, 6.07) is 0.501. The van der Waals surface area contributed by atoms with E-state index in [1.165, 1.54) is 11.3 Å². The summed E-state index contributed by atoms with van der Waals surface area (Å²) in [6.45, 7) is 1.96. The van der Waals surface area contributed by atoms with E-state index in [1.807, 2.05) is 6.20 Å². The van der Waals surface area contributed by atoms with Crippen molar-refractivity contribution in [3.8, 4) is 0 Å². The number of carbonyl (C=O) groups excluding carboxylic acids is 1. The van der Waals surface area contributed by atoms with Gasteiger partial charge in [-0.1, -0.05) is 11.3 Å². The maximum atomic E-state index is 12.6. The van der Waals surface area contributed by atoms with Gasteiger partial charge in [0.25, 0.3) is 5.91 Å². The van der Waals surface area contributed by atoms with E-state index in [2.05, 4.69) is 19.9 Å². The molecule has 2 aromatic rings. The summed E-state index contributed by atoms with van der Waals surface area (Å²) in [7, 11) is 0. The summed E-state index contributed by atoms with van der Waals surface area (Å²) in [6.07, 6.45) is 6.03. The highest BCUT2D eigenvalue weighted by Crippen LogP contribution is 2.31. The molecule has 3 N–H and O–H groups in total. The van der Waals surface area contributed by atoms with Crippen LogP contribution in [-0.2, 0) is 13.1 Å². The van der Waals surface area contributed by atoms with Gasteiger partial charge in [0.2, 0.25) is 0 Å². The number of fused-ring (bicyclic) bond motifs is 1. The Morgan fingerprint density at radius 3 is 3.10 bits per heavy atom. The summed E-state index contributed by atoms with van der Waals surface area (Å²) in [4.78, 5) is 23.5. The molecule has 21 heavy (non-hydrogen) atoms. The van der Waals surface area contributed by atoms with Crippen LogP contribution < -0.4 is 11.1 Å². The lowest BCUT2D eigenvalue weighted by molar-refractivity contribution is 0.0713. The number of rotatable bonds is 3. The van der Waals surface area contributed by atoms with Crippen molar-refractivity contribution in [3.63, 3.8) is 0 Å². The first-order valence-electron chi connectivity index (χ1n) is 7.03. The molecule has 110 valence electrons. The monoisotopic (exact) mass is 304 g/mol. The van der Waals surface area contributed by atoms with Crippen LogP contribution in [0.1, 0.15) is 28.3 Å². The van der Waals surface area contributed by atoms with Gasteiger partial charge in [-0.25, -0.2) is 9.97 Å². The van der Waals surface area contributed by atoms with Crippen LogP contribution in [0.5, 0.6) is 0 Å². The number of thiazole rings is 1. The molecule has 4 rings (SSSR count). The SMILES string of the molecule is Nc1nc(NC2CC2)sc1C(=O)N1CCn2ccnc2C1. The average molecular weight is 304 g/mol. The van der Waals surface area contributed by atoms with E-state index in [0.29, 0.717) is 29.8 Å². The summed E-state index contributed by atoms with van der Waals surface area (Å²) in [5.41, 5.74) is 5.91. The molecule has 0 radical (unpaired) electrons. The lowest BCUT2D eigenvalue weighted by Gasteiger charge is -2.27. The molecule has 1 amide bonds. The number of hydrogen-bond donors (Lipinski definition) is 2. The lowest BCUT2D eigenvalue weighted by atomic mass is 10.3. The van der Waals surface area contributed by atoms with Gasteiger partial charge in [-0.05, 0) is 12.8 Å². The molecule has 0 bridgehead atoms. The fourth-order valence-corrected chi connectivity index (χ4v) is 3.37. The summed E-state index contributed by atoms with van der Waals surface area (Å²) < 4.78 is 2.07. The van der Waals surface area contributed by atoms with Gasteiger partial charge in [0, 0.05) is 31.5 Å². The van der Waals surface area contributed by atoms with E-state index >= 15 is 0 Å². The van der Waals surface area contributed by atoms with Crippen molar-refractivity contribution >= 4 is 28.2 Å². The first-order valence-corrected chi connectivity index (χ1v) is 7.84. The maximum absolute atomic E-state index is 12.6. The van der Waals surface area contributed by atoms with Crippen molar-refractivity contribution in [1.29, 1.82) is 0 Å². The molecule has 2 aromatic heterocycles. The highest BCUT2D eigenvalue weighted by molar-refractivity contribution is 7.18. The van der Waals surface area contributed by atoms with Crippen molar-refractivity contribution in [3.05, 3.63) is 23.1 Å². The molecule has 3 heterocycles. The number of nitrogens with one attached hydrogen (secondary N) is 1. The smallest absolute Gasteiger partial charge is 0.268 e. The van der Waals surface area contributed by atoms with Crippen molar-refractivity contribution in [2.75, 3.05) is 17.6 Å². The largest absolute Gasteiger partial charge is 0.382 e. The molecule has 0 saturated heterocycles. The van der Waals surface area contributed by atoms with Gasteiger partial charge in [0.15, 0.2) is 5.13 Å². The van der Waals surface area contributed by atoms with Gasteiger partial charge in [-0.15, -0.1) is 0 Å². The van der Waals surface area contributed by atoms with Crippen LogP contribution in [0.4, 0.5) is 10.9 Å². The van der Waals surface area contributed by atoms with Crippen LogP contribution >= 0.6 is 11.3 Å². The van der Waals surface area contributed by atoms with E-state index < -0.39 is 0 Å². The topological polar surface area (TPSA) is 89.1 Å². The van der Waals surface area contributed by atoms with Crippen LogP contribution in [0.15, 0.2) is 12.4 Å². The second-order valence-electron chi connectivity index (χ2n) is 5.42. The highest BCUT2D eigenvalue weighted by atomic mass is 32.1. The fraction of sp³-hybridized carbons (Fsp3) is 0.462. The zero-order valence-electron chi connectivity index (χ0n) is 11.5. The second-order valence-corrected chi connectivity index (χ2v) is 6.41. The lowest BCUT2D eigenvalue weighted by Crippen LogP contribution is -2.38. The molecule has 7 nitrogen and oxygen atoms in total. The molecular weight excluding hydrogens is 288 g/mol. The number of imidazole rings is 1. The Bertz CT molecular complexity index is 689. The molecule has 1 aliphatic carbocycles. The van der Waals surface area contributed by atoms with E-state index in [-0.39, 0.29) is 5.91 Å². The Balaban J connectivity index is 1.53. The van der Waals surface area contributed by atoms with Gasteiger partial charge >= 0.3 is 0 Å². The number of hydrogen-bond acceptors (Lipinski definition) is 6. The van der Waals surface area contributed by atoms with Gasteiger partial charge in [-0.3, -0.25) is 4.79 Å². The Morgan fingerprint density at radius 2 is 2.29 bits per heavy atom. The predicted molar refractivity (Wildman–Crippen MR) is 80.1 cm³/mol. The third-order valence-corrected chi connectivity index (χ3v) is 4.77. The number of nitrogen functional groups attached to an aromatic ring is 1. The minimum absolute atomic E-state index is 0.0527. The molecule has 0 aromatic carbocycles. The zero-order valence-corrected chi connectivity index (χ0v) is 12.3. The highest BCUT2D eigenvalue weighted by Gasteiger charge is 2.28. The molecule has 0 unspecified atom stereocenters. The summed E-state index contributed by atoms with van der Waals surface area (Å²) in [5.74, 6) is 1.18. The standard InChI is InChI=1S/C13H16N6OS/c14-11-10(21-13(17-11)16-8-1-2-8)12(20)19-6-5-18-4-3-15-9(18)7-19/h3-4,8H,1-2,5-7,14H2,(H,16,17). The van der Waals surface area contributed by atoms with Crippen molar-refractivity contribution < 1.29 is 4.79 Å². The number of nitrogens with zero attached hydrogens (tertiary/aromatic N) is 4. The fourth-order valence-electron chi connectivity index (χ4n) is 2.44. The normalized spacial score (nSPS) is 17.6. The van der Waals surface area contributed by atoms with E-state index in [0.717, 1.165) is 30.3 Å². The molecule has 8 heteroatoms. The van der Waals surface area contributed by atoms with Gasteiger partial charge in [0.05, 0.1) is 6.54 Å². The van der Waals surface area contributed by atoms with Gasteiger partial charge < -0.3 is 20.5 Å². The number of nitrogens with two attached hydrogens (primary N) is 1. The number of carbonyl (C=O) groups is 1. The molecular formula is C13H16N6OS. The number of anilines is 2. The van der Waals surface area contributed by atoms with E-state index in [4.69, 9.17) is 5.73 Å². The summed E-state index contributed by atoms with van der Waals surface area (Å²) in [5, 5.41) is 4.03. The maximum Gasteiger partial charge on any atom is 0.268 e. The van der Waals surface area contributed by atoms with Crippen LogP contribution in [0.25, 0.3) is 0 Å². The molecule has 0 atom stereocenters. The van der Waals surface area contributed by atoms with Crippen LogP contribution in [-0.4, -0.2) is 37.9 Å². The molecule has 2 aliphatic rings. The van der Waals surface area contributed by atoms with Crippen LogP contribution in [0, 0.1) is 0 Å². The Labute approximate surface area is 125 Å². The number of amides is 1. The van der Waals surface area contributed by atoms with E-state index in [1.54, 1.807) is 11.1 Å². The quantitative estimate of drug-likeness (QED) is 0.888. The van der Waals surface area contributed by atoms with Gasteiger partial charge in [-0.2, -0.15) is 0 Å². The minimum atomic E-state index is -0.0527. The molecule has 1 aliphatic heterocycles. The molecule has 1 fully saturated rings. The first kappa shape index (κ1) is 12.6. The van der Waals surface area contributed by atoms with Crippen LogP contribution in [0.2, 0.25) is 0 Å². The summed E-state index contributed by atoms with van der Waals surface area (Å²) >= 11 is 1.35. The third-order valence-electron chi connectivity index (χ3n) is 3.78. The Morgan fingerprint density at radius 1 is 1.43 bits per heavy atom. The number of aromatic nitrogens is 3. The Kier molecular flexibility index (Phi) is 2.85. The Hall–Kier alpha value is -2.09. The molecule has 1 saturated carbocycles. The average Bonchev–Trinajstić information content (AvgIpc) is 3.03. The first-order chi connectivity index (χ1) is 10.2. The van der Waals surface area contributed by atoms with Crippen molar-refractivity contribution in [2.24, 2.45) is 0 Å². The third kappa shape index (κ3) is 2.35.